The highest BCUT2D eigenvalue weighted by Gasteiger charge is 2.31. The zero-order valence-electron chi connectivity index (χ0n) is 11.0. The molecule has 0 aromatic carbocycles. The van der Waals surface area contributed by atoms with Crippen molar-refractivity contribution in [2.24, 2.45) is 5.92 Å². The van der Waals surface area contributed by atoms with Crippen molar-refractivity contribution >= 4 is 5.91 Å². The molecule has 96 valence electrons. The van der Waals surface area contributed by atoms with Gasteiger partial charge >= 0.3 is 0 Å². The van der Waals surface area contributed by atoms with Crippen LogP contribution in [0.3, 0.4) is 0 Å². The summed E-state index contributed by atoms with van der Waals surface area (Å²) in [6.45, 7) is 13.4. The van der Waals surface area contributed by atoms with Gasteiger partial charge in [-0.15, -0.1) is 13.2 Å². The third kappa shape index (κ3) is 3.43. The molecule has 0 bridgehead atoms. The third-order valence-corrected chi connectivity index (χ3v) is 3.57. The van der Waals surface area contributed by atoms with Gasteiger partial charge in [-0.2, -0.15) is 0 Å². The fraction of sp³-hybridized carbons (Fsp3) is 0.643. The second-order valence-corrected chi connectivity index (χ2v) is 4.76. The molecule has 0 spiro atoms. The lowest BCUT2D eigenvalue weighted by molar-refractivity contribution is -0.139. The molecular weight excluding hydrogens is 212 g/mol. The molecule has 1 amide bonds. The summed E-state index contributed by atoms with van der Waals surface area (Å²) in [5.74, 6) is 0.253. The van der Waals surface area contributed by atoms with E-state index >= 15 is 0 Å². The van der Waals surface area contributed by atoms with Crippen LogP contribution in [0.15, 0.2) is 25.3 Å². The Morgan fingerprint density at radius 1 is 1.41 bits per heavy atom. The summed E-state index contributed by atoms with van der Waals surface area (Å²) in [6, 6.07) is 0.620. The SMILES string of the molecule is C=CCC(CC=C)C(=O)N1CCNC(C)C1C. The van der Waals surface area contributed by atoms with Gasteiger partial charge in [-0.1, -0.05) is 12.2 Å². The molecule has 2 atom stereocenters. The van der Waals surface area contributed by atoms with Gasteiger partial charge in [-0.05, 0) is 26.7 Å². The maximum Gasteiger partial charge on any atom is 0.226 e. The third-order valence-electron chi connectivity index (χ3n) is 3.57. The minimum Gasteiger partial charge on any atom is -0.337 e. The van der Waals surface area contributed by atoms with Crippen LogP contribution in [0.4, 0.5) is 0 Å². The summed E-state index contributed by atoms with van der Waals surface area (Å²) in [5.41, 5.74) is 0. The first-order chi connectivity index (χ1) is 8.11. The van der Waals surface area contributed by atoms with Crippen LogP contribution in [0.5, 0.6) is 0 Å². The lowest BCUT2D eigenvalue weighted by Crippen LogP contribution is -2.58. The minimum absolute atomic E-state index is 0.0118. The number of carbonyl (C=O) groups excluding carboxylic acids is 1. The topological polar surface area (TPSA) is 32.3 Å². The van der Waals surface area contributed by atoms with Crippen molar-refractivity contribution in [1.29, 1.82) is 0 Å². The molecule has 0 saturated carbocycles. The number of nitrogens with zero attached hydrogens (tertiary/aromatic N) is 1. The molecule has 0 aromatic rings. The monoisotopic (exact) mass is 236 g/mol. The van der Waals surface area contributed by atoms with E-state index in [9.17, 15) is 4.79 Å². The molecule has 1 rings (SSSR count). The highest BCUT2D eigenvalue weighted by atomic mass is 16.2. The predicted octanol–water partition coefficient (Wildman–Crippen LogP) is 1.96. The molecule has 0 aromatic heterocycles. The van der Waals surface area contributed by atoms with Gasteiger partial charge in [0.15, 0.2) is 0 Å². The van der Waals surface area contributed by atoms with Gasteiger partial charge in [0, 0.05) is 31.1 Å². The standard InChI is InChI=1S/C14H24N2O/c1-5-7-13(8-6-2)14(17)16-10-9-15-11(3)12(16)4/h5-6,11-13,15H,1-2,7-10H2,3-4H3. The summed E-state index contributed by atoms with van der Waals surface area (Å²) in [5, 5.41) is 3.39. The smallest absolute Gasteiger partial charge is 0.226 e. The average Bonchev–Trinajstić information content (AvgIpc) is 2.31. The van der Waals surface area contributed by atoms with Gasteiger partial charge in [-0.3, -0.25) is 4.79 Å². The first kappa shape index (κ1) is 14.0. The summed E-state index contributed by atoms with van der Waals surface area (Å²) in [6.07, 6.45) is 5.11. The van der Waals surface area contributed by atoms with E-state index in [-0.39, 0.29) is 17.9 Å². The number of carbonyl (C=O) groups is 1. The summed E-state index contributed by atoms with van der Waals surface area (Å²) >= 11 is 0. The molecule has 1 heterocycles. The fourth-order valence-electron chi connectivity index (χ4n) is 2.30. The van der Waals surface area contributed by atoms with Crippen LogP contribution >= 0.6 is 0 Å². The number of piperazine rings is 1. The van der Waals surface area contributed by atoms with E-state index in [2.05, 4.69) is 32.3 Å². The predicted molar refractivity (Wildman–Crippen MR) is 71.8 cm³/mol. The molecule has 0 aliphatic carbocycles. The Bertz CT molecular complexity index is 278. The van der Waals surface area contributed by atoms with Crippen molar-refractivity contribution < 1.29 is 4.79 Å². The zero-order valence-corrected chi connectivity index (χ0v) is 11.0. The molecule has 1 aliphatic heterocycles. The number of amides is 1. The quantitative estimate of drug-likeness (QED) is 0.740. The minimum atomic E-state index is 0.0118. The molecule has 1 saturated heterocycles. The largest absolute Gasteiger partial charge is 0.337 e. The fourth-order valence-corrected chi connectivity index (χ4v) is 2.30. The van der Waals surface area contributed by atoms with Gasteiger partial charge < -0.3 is 10.2 Å². The van der Waals surface area contributed by atoms with E-state index in [0.29, 0.717) is 6.04 Å². The molecule has 17 heavy (non-hydrogen) atoms. The Balaban J connectivity index is 2.70. The van der Waals surface area contributed by atoms with Gasteiger partial charge in [0.05, 0.1) is 0 Å². The van der Waals surface area contributed by atoms with Crippen LogP contribution in [0.2, 0.25) is 0 Å². The first-order valence-corrected chi connectivity index (χ1v) is 6.37. The Labute approximate surface area is 105 Å². The van der Waals surface area contributed by atoms with Gasteiger partial charge in [0.1, 0.15) is 0 Å². The van der Waals surface area contributed by atoms with Crippen LogP contribution in [0, 0.1) is 5.92 Å². The molecule has 1 fully saturated rings. The molecule has 3 nitrogen and oxygen atoms in total. The summed E-state index contributed by atoms with van der Waals surface area (Å²) < 4.78 is 0. The van der Waals surface area contributed by atoms with Crippen molar-refractivity contribution in [2.45, 2.75) is 38.8 Å². The molecule has 1 N–H and O–H groups in total. The maximum absolute atomic E-state index is 12.4. The number of nitrogens with one attached hydrogen (secondary N) is 1. The van der Waals surface area contributed by atoms with Crippen LogP contribution in [-0.4, -0.2) is 36.0 Å². The van der Waals surface area contributed by atoms with Crippen molar-refractivity contribution in [3.63, 3.8) is 0 Å². The van der Waals surface area contributed by atoms with Crippen molar-refractivity contribution in [3.05, 3.63) is 25.3 Å². The second-order valence-electron chi connectivity index (χ2n) is 4.76. The molecule has 1 aliphatic rings. The van der Waals surface area contributed by atoms with E-state index in [4.69, 9.17) is 0 Å². The summed E-state index contributed by atoms with van der Waals surface area (Å²) in [4.78, 5) is 14.4. The van der Waals surface area contributed by atoms with E-state index in [1.165, 1.54) is 0 Å². The maximum atomic E-state index is 12.4. The lowest BCUT2D eigenvalue weighted by atomic mass is 9.97. The number of hydrogen-bond donors (Lipinski definition) is 1. The molecular formula is C14H24N2O. The van der Waals surface area contributed by atoms with Crippen molar-refractivity contribution in [2.75, 3.05) is 13.1 Å². The van der Waals surface area contributed by atoms with Crippen LogP contribution in [0.25, 0.3) is 0 Å². The van der Waals surface area contributed by atoms with Crippen LogP contribution < -0.4 is 5.32 Å². The first-order valence-electron chi connectivity index (χ1n) is 6.37. The number of allylic oxidation sites excluding steroid dienone is 2. The second kappa shape index (κ2) is 6.60. The highest BCUT2D eigenvalue weighted by molar-refractivity contribution is 5.79. The van der Waals surface area contributed by atoms with Crippen molar-refractivity contribution in [3.8, 4) is 0 Å². The Morgan fingerprint density at radius 3 is 2.53 bits per heavy atom. The average molecular weight is 236 g/mol. The molecule has 2 unspecified atom stereocenters. The normalized spacial score (nSPS) is 24.8. The number of rotatable bonds is 5. The Kier molecular flexibility index (Phi) is 5.42. The van der Waals surface area contributed by atoms with Gasteiger partial charge in [-0.25, -0.2) is 0 Å². The van der Waals surface area contributed by atoms with Gasteiger partial charge in [0.25, 0.3) is 0 Å². The van der Waals surface area contributed by atoms with Crippen molar-refractivity contribution in [1.82, 2.24) is 10.2 Å². The highest BCUT2D eigenvalue weighted by Crippen LogP contribution is 2.18. The van der Waals surface area contributed by atoms with E-state index < -0.39 is 0 Å². The Morgan fingerprint density at radius 2 is 2.00 bits per heavy atom. The summed E-state index contributed by atoms with van der Waals surface area (Å²) in [7, 11) is 0. The van der Waals surface area contributed by atoms with E-state index in [1.54, 1.807) is 0 Å². The number of hydrogen-bond acceptors (Lipinski definition) is 2. The lowest BCUT2D eigenvalue weighted by Gasteiger charge is -2.40. The van der Waals surface area contributed by atoms with Crippen LogP contribution in [-0.2, 0) is 4.79 Å². The van der Waals surface area contributed by atoms with E-state index in [1.807, 2.05) is 17.1 Å². The van der Waals surface area contributed by atoms with E-state index in [0.717, 1.165) is 25.9 Å². The molecule has 0 radical (unpaired) electrons. The van der Waals surface area contributed by atoms with Crippen LogP contribution in [0.1, 0.15) is 26.7 Å². The molecule has 3 heteroatoms. The Hall–Kier alpha value is -1.09. The zero-order chi connectivity index (χ0) is 12.8. The van der Waals surface area contributed by atoms with Gasteiger partial charge in [0.2, 0.25) is 5.91 Å².